The Bertz CT molecular complexity index is 770. The molecule has 2 aliphatic rings. The van der Waals surface area contributed by atoms with Gasteiger partial charge in [-0.25, -0.2) is 4.39 Å². The van der Waals surface area contributed by atoms with Crippen molar-refractivity contribution in [3.05, 3.63) is 29.3 Å². The lowest BCUT2D eigenvalue weighted by Gasteiger charge is -2.51. The second-order valence-electron chi connectivity index (χ2n) is 9.95. The van der Waals surface area contributed by atoms with Gasteiger partial charge in [0.1, 0.15) is 0 Å². The first-order valence-electron chi connectivity index (χ1n) is 10.7. The number of carbonyl (C=O) groups is 1. The fraction of sp³-hybridized carbons (Fsp3) is 0.696. The number of benzene rings is 1. The zero-order chi connectivity index (χ0) is 22.3. The summed E-state index contributed by atoms with van der Waals surface area (Å²) in [6.07, 6.45) is 3.83. The Labute approximate surface area is 177 Å². The molecule has 0 atom stereocenters. The van der Waals surface area contributed by atoms with Gasteiger partial charge in [-0.15, -0.1) is 0 Å². The van der Waals surface area contributed by atoms with E-state index >= 15 is 0 Å². The van der Waals surface area contributed by atoms with Crippen molar-refractivity contribution in [2.24, 2.45) is 5.92 Å². The van der Waals surface area contributed by atoms with Crippen molar-refractivity contribution in [3.8, 4) is 5.75 Å². The van der Waals surface area contributed by atoms with Crippen LogP contribution in [0.4, 0.5) is 8.78 Å². The average molecular weight is 426 g/mol. The molecule has 0 aromatic heterocycles. The SMILES string of the molecule is COC1CCC(C(=O)Oc2ccc(C3CC(C)(C)N(O)C(C)(C)C3)c(F)c2F)CC1. The summed E-state index contributed by atoms with van der Waals surface area (Å²) in [5.74, 6) is -3.59. The van der Waals surface area contributed by atoms with Gasteiger partial charge in [0, 0.05) is 18.2 Å². The lowest BCUT2D eigenvalue weighted by atomic mass is 9.72. The third-order valence-corrected chi connectivity index (χ3v) is 6.71. The first kappa shape index (κ1) is 23.1. The molecule has 0 bridgehead atoms. The fourth-order valence-electron chi connectivity index (χ4n) is 5.16. The molecular weight excluding hydrogens is 392 g/mol. The van der Waals surface area contributed by atoms with Crippen LogP contribution in [0.25, 0.3) is 0 Å². The maximum atomic E-state index is 15.0. The van der Waals surface area contributed by atoms with Crippen LogP contribution >= 0.6 is 0 Å². The minimum atomic E-state index is -1.13. The monoisotopic (exact) mass is 425 g/mol. The van der Waals surface area contributed by atoms with Gasteiger partial charge in [0.25, 0.3) is 0 Å². The van der Waals surface area contributed by atoms with Crippen molar-refractivity contribution >= 4 is 5.97 Å². The van der Waals surface area contributed by atoms with E-state index in [9.17, 15) is 18.8 Å². The lowest BCUT2D eigenvalue weighted by molar-refractivity contribution is -0.245. The van der Waals surface area contributed by atoms with Gasteiger partial charge in [-0.3, -0.25) is 4.79 Å². The number of hydrogen-bond donors (Lipinski definition) is 1. The highest BCUT2D eigenvalue weighted by atomic mass is 19.2. The molecule has 1 aromatic carbocycles. The summed E-state index contributed by atoms with van der Waals surface area (Å²) < 4.78 is 40.3. The molecule has 1 heterocycles. The van der Waals surface area contributed by atoms with Gasteiger partial charge in [-0.2, -0.15) is 9.45 Å². The number of hydroxylamine groups is 2. The number of hydrogen-bond acceptors (Lipinski definition) is 5. The van der Waals surface area contributed by atoms with Gasteiger partial charge in [0.2, 0.25) is 5.82 Å². The van der Waals surface area contributed by atoms with Crippen LogP contribution < -0.4 is 4.74 Å². The van der Waals surface area contributed by atoms with E-state index in [-0.39, 0.29) is 29.3 Å². The molecule has 0 radical (unpaired) electrons. The minimum Gasteiger partial charge on any atom is -0.423 e. The Morgan fingerprint density at radius 3 is 2.13 bits per heavy atom. The topological polar surface area (TPSA) is 59.0 Å². The van der Waals surface area contributed by atoms with Gasteiger partial charge >= 0.3 is 5.97 Å². The first-order valence-corrected chi connectivity index (χ1v) is 10.7. The van der Waals surface area contributed by atoms with Crippen molar-refractivity contribution in [2.75, 3.05) is 7.11 Å². The maximum Gasteiger partial charge on any atom is 0.314 e. The molecule has 1 aliphatic heterocycles. The highest BCUT2D eigenvalue weighted by Gasteiger charge is 2.46. The molecule has 7 heteroatoms. The number of rotatable bonds is 4. The maximum absolute atomic E-state index is 15.0. The number of methoxy groups -OCH3 is 1. The van der Waals surface area contributed by atoms with Crippen molar-refractivity contribution in [1.29, 1.82) is 0 Å². The molecule has 2 fully saturated rings. The zero-order valence-corrected chi connectivity index (χ0v) is 18.5. The van der Waals surface area contributed by atoms with Gasteiger partial charge in [-0.05, 0) is 83.8 Å². The largest absolute Gasteiger partial charge is 0.423 e. The Hall–Kier alpha value is -1.57. The Kier molecular flexibility index (Phi) is 6.56. The predicted molar refractivity (Wildman–Crippen MR) is 109 cm³/mol. The highest BCUT2D eigenvalue weighted by molar-refractivity contribution is 5.75. The molecule has 1 N–H and O–H groups in total. The minimum absolute atomic E-state index is 0.140. The van der Waals surface area contributed by atoms with Crippen molar-refractivity contribution < 1.29 is 28.3 Å². The number of piperidine rings is 1. The second kappa shape index (κ2) is 8.52. The highest BCUT2D eigenvalue weighted by Crippen LogP contribution is 2.45. The first-order chi connectivity index (χ1) is 14.0. The summed E-state index contributed by atoms with van der Waals surface area (Å²) in [6, 6.07) is 2.85. The smallest absolute Gasteiger partial charge is 0.314 e. The molecule has 5 nitrogen and oxygen atoms in total. The number of esters is 1. The van der Waals surface area contributed by atoms with Crippen LogP contribution in [0.15, 0.2) is 12.1 Å². The average Bonchev–Trinajstić information content (AvgIpc) is 2.69. The molecule has 0 spiro atoms. The van der Waals surface area contributed by atoms with Crippen LogP contribution in [-0.4, -0.2) is 40.5 Å². The van der Waals surface area contributed by atoms with Gasteiger partial charge in [0.05, 0.1) is 12.0 Å². The van der Waals surface area contributed by atoms with E-state index in [0.717, 1.165) is 12.8 Å². The van der Waals surface area contributed by atoms with E-state index in [2.05, 4.69) is 0 Å². The van der Waals surface area contributed by atoms with Crippen molar-refractivity contribution in [1.82, 2.24) is 5.06 Å². The van der Waals surface area contributed by atoms with E-state index in [0.29, 0.717) is 25.7 Å². The lowest BCUT2D eigenvalue weighted by Crippen LogP contribution is -2.58. The molecule has 0 amide bonds. The van der Waals surface area contributed by atoms with Crippen molar-refractivity contribution in [2.45, 2.75) is 89.3 Å². The second-order valence-corrected chi connectivity index (χ2v) is 9.95. The molecule has 30 heavy (non-hydrogen) atoms. The molecule has 1 saturated heterocycles. The Morgan fingerprint density at radius 1 is 1.03 bits per heavy atom. The molecular formula is C23H33F2NO4. The third-order valence-electron chi connectivity index (χ3n) is 6.71. The predicted octanol–water partition coefficient (Wildman–Crippen LogP) is 5.20. The third kappa shape index (κ3) is 4.53. The van der Waals surface area contributed by atoms with Crippen LogP contribution in [0.5, 0.6) is 5.75 Å². The molecule has 1 aromatic rings. The van der Waals surface area contributed by atoms with Crippen LogP contribution in [0.3, 0.4) is 0 Å². The fourth-order valence-corrected chi connectivity index (χ4v) is 5.16. The molecule has 1 aliphatic carbocycles. The van der Waals surface area contributed by atoms with Crippen LogP contribution in [-0.2, 0) is 9.53 Å². The van der Waals surface area contributed by atoms with Crippen molar-refractivity contribution in [3.63, 3.8) is 0 Å². The molecule has 168 valence electrons. The van der Waals surface area contributed by atoms with E-state index in [1.165, 1.54) is 17.2 Å². The van der Waals surface area contributed by atoms with Crippen LogP contribution in [0.2, 0.25) is 0 Å². The molecule has 0 unspecified atom stereocenters. The van der Waals surface area contributed by atoms with Gasteiger partial charge < -0.3 is 14.7 Å². The summed E-state index contributed by atoms with van der Waals surface area (Å²) in [7, 11) is 1.65. The molecule has 1 saturated carbocycles. The standard InChI is InChI=1S/C23H33F2NO4/c1-22(2)12-15(13-23(3,4)26(22)28)17-10-11-18(20(25)19(17)24)30-21(27)14-6-8-16(29-5)9-7-14/h10-11,14-16,28H,6-9,12-13H2,1-5H3. The number of halogens is 2. The Morgan fingerprint density at radius 2 is 1.60 bits per heavy atom. The van der Waals surface area contributed by atoms with Gasteiger partial charge in [-0.1, -0.05) is 6.07 Å². The number of ether oxygens (including phenoxy) is 2. The quantitative estimate of drug-likeness (QED) is 0.531. The summed E-state index contributed by atoms with van der Waals surface area (Å²) in [5.41, 5.74) is -0.912. The molecule has 3 rings (SSSR count). The normalized spacial score (nSPS) is 27.1. The zero-order valence-electron chi connectivity index (χ0n) is 18.5. The summed E-state index contributed by atoms with van der Waals surface area (Å²) in [5, 5.41) is 11.8. The van der Waals surface area contributed by atoms with E-state index in [1.54, 1.807) is 7.11 Å². The number of carbonyl (C=O) groups excluding carboxylic acids is 1. The van der Waals surface area contributed by atoms with E-state index in [4.69, 9.17) is 9.47 Å². The van der Waals surface area contributed by atoms with Crippen LogP contribution in [0, 0.1) is 17.6 Å². The summed E-state index contributed by atoms with van der Waals surface area (Å²) in [4.78, 5) is 12.4. The van der Waals surface area contributed by atoms with Gasteiger partial charge in [0.15, 0.2) is 11.6 Å². The summed E-state index contributed by atoms with van der Waals surface area (Å²) >= 11 is 0. The number of nitrogens with zero attached hydrogens (tertiary/aromatic N) is 1. The summed E-state index contributed by atoms with van der Waals surface area (Å²) in [6.45, 7) is 7.51. The van der Waals surface area contributed by atoms with E-state index < -0.39 is 28.7 Å². The van der Waals surface area contributed by atoms with E-state index in [1.807, 2.05) is 27.7 Å². The Balaban J connectivity index is 1.75. The van der Waals surface area contributed by atoms with Crippen LogP contribution in [0.1, 0.15) is 77.7 Å².